The first-order chi connectivity index (χ1) is 11.5. The Morgan fingerprint density at radius 1 is 1.21 bits per heavy atom. The molecule has 3 rings (SSSR count). The van der Waals surface area contributed by atoms with Gasteiger partial charge in [-0.05, 0) is 17.5 Å². The first-order valence-corrected chi connectivity index (χ1v) is 8.48. The third kappa shape index (κ3) is 4.01. The number of hydrogen-bond donors (Lipinski definition) is 2. The Bertz CT molecular complexity index is 659. The van der Waals surface area contributed by atoms with E-state index in [-0.39, 0.29) is 5.91 Å². The van der Waals surface area contributed by atoms with Crippen LogP contribution >= 0.6 is 0 Å². The summed E-state index contributed by atoms with van der Waals surface area (Å²) >= 11 is 0. The lowest BCUT2D eigenvalue weighted by atomic mass is 9.96. The number of nitrogens with zero attached hydrogens (tertiary/aromatic N) is 2. The Morgan fingerprint density at radius 3 is 2.46 bits per heavy atom. The number of hydrogen-bond acceptors (Lipinski definition) is 4. The van der Waals surface area contributed by atoms with Gasteiger partial charge < -0.3 is 10.4 Å². The maximum absolute atomic E-state index is 12.0. The van der Waals surface area contributed by atoms with Crippen LogP contribution in [0.3, 0.4) is 0 Å². The van der Waals surface area contributed by atoms with Gasteiger partial charge in [0.2, 0.25) is 5.91 Å². The highest BCUT2D eigenvalue weighted by Crippen LogP contribution is 2.37. The van der Waals surface area contributed by atoms with E-state index in [1.54, 1.807) is 0 Å². The fourth-order valence-corrected chi connectivity index (χ4v) is 3.36. The topological polar surface area (TPSA) is 74.0 Å². The van der Waals surface area contributed by atoms with E-state index in [0.29, 0.717) is 45.1 Å². The summed E-state index contributed by atoms with van der Waals surface area (Å²) in [5.74, 6) is 2.56. The molecule has 5 heteroatoms. The van der Waals surface area contributed by atoms with E-state index in [1.165, 1.54) is 11.1 Å². The summed E-state index contributed by atoms with van der Waals surface area (Å²) in [5.41, 5.74) is 1.26. The van der Waals surface area contributed by atoms with Crippen molar-refractivity contribution in [1.29, 1.82) is 0 Å². The van der Waals surface area contributed by atoms with Crippen LogP contribution in [0.2, 0.25) is 0 Å². The van der Waals surface area contributed by atoms with E-state index in [2.05, 4.69) is 33.6 Å². The summed E-state index contributed by atoms with van der Waals surface area (Å²) in [7, 11) is 0. The van der Waals surface area contributed by atoms with Crippen molar-refractivity contribution >= 4 is 5.91 Å². The second kappa shape index (κ2) is 6.74. The number of benzene rings is 1. The van der Waals surface area contributed by atoms with E-state index in [4.69, 9.17) is 6.42 Å². The maximum Gasteiger partial charge on any atom is 0.220 e. The van der Waals surface area contributed by atoms with E-state index in [9.17, 15) is 9.90 Å². The highest BCUT2D eigenvalue weighted by Gasteiger charge is 2.39. The maximum atomic E-state index is 12.0. The molecule has 0 unspecified atom stereocenters. The third-order valence-electron chi connectivity index (χ3n) is 4.87. The van der Waals surface area contributed by atoms with Crippen molar-refractivity contribution in [2.75, 3.05) is 6.54 Å². The minimum atomic E-state index is -0.744. The normalized spacial score (nSPS) is 18.7. The lowest BCUT2D eigenvalue weighted by Gasteiger charge is -2.22. The van der Waals surface area contributed by atoms with E-state index >= 15 is 0 Å². The molecule has 0 aromatic heterocycles. The Balaban J connectivity index is 1.37. The zero-order valence-corrected chi connectivity index (χ0v) is 13.8. The molecule has 1 heterocycles. The average molecular weight is 325 g/mol. The van der Waals surface area contributed by atoms with Crippen LogP contribution in [0, 0.1) is 12.3 Å². The largest absolute Gasteiger partial charge is 0.389 e. The molecule has 126 valence electrons. The summed E-state index contributed by atoms with van der Waals surface area (Å²) in [6, 6.07) is 8.11. The van der Waals surface area contributed by atoms with Crippen molar-refractivity contribution in [1.82, 2.24) is 5.32 Å². The molecule has 0 fully saturated rings. The van der Waals surface area contributed by atoms with Gasteiger partial charge in [0.05, 0.1) is 5.60 Å². The van der Waals surface area contributed by atoms with Crippen molar-refractivity contribution in [3.63, 3.8) is 0 Å². The first kappa shape index (κ1) is 16.7. The number of terminal acetylenes is 1. The van der Waals surface area contributed by atoms with Crippen molar-refractivity contribution in [3.8, 4) is 12.3 Å². The lowest BCUT2D eigenvalue weighted by Crippen LogP contribution is -2.36. The van der Waals surface area contributed by atoms with Gasteiger partial charge in [-0.15, -0.1) is 12.3 Å². The molecule has 1 aliphatic carbocycles. The summed E-state index contributed by atoms with van der Waals surface area (Å²) in [4.78, 5) is 12.0. The Hall–Kier alpha value is -2.19. The Morgan fingerprint density at radius 2 is 1.88 bits per heavy atom. The molecular formula is C19H23N3O2. The van der Waals surface area contributed by atoms with Crippen molar-refractivity contribution in [2.45, 2.75) is 56.2 Å². The van der Waals surface area contributed by atoms with Crippen LogP contribution in [0.15, 0.2) is 34.5 Å². The monoisotopic (exact) mass is 325 g/mol. The van der Waals surface area contributed by atoms with Gasteiger partial charge in [-0.1, -0.05) is 24.3 Å². The van der Waals surface area contributed by atoms with Gasteiger partial charge in [0.25, 0.3) is 0 Å². The van der Waals surface area contributed by atoms with Gasteiger partial charge in [-0.2, -0.15) is 10.2 Å². The molecule has 1 aromatic carbocycles. The smallest absolute Gasteiger partial charge is 0.220 e. The molecule has 0 spiro atoms. The standard InChI is InChI=1S/C19H23N3O2/c1-2-3-9-19(21-22-19)10-8-17(23)20-12-11-18(24)13-15-6-4-5-7-16(15)14-18/h1,4-7,24H,3,8-14H2,(H,20,23). The average Bonchev–Trinajstić information content (AvgIpc) is 3.25. The first-order valence-electron chi connectivity index (χ1n) is 8.48. The van der Waals surface area contributed by atoms with Crippen LogP contribution in [-0.4, -0.2) is 28.8 Å². The molecule has 0 saturated carbocycles. The van der Waals surface area contributed by atoms with Gasteiger partial charge in [0, 0.05) is 45.1 Å². The minimum Gasteiger partial charge on any atom is -0.389 e. The summed E-state index contributed by atoms with van der Waals surface area (Å²) in [5, 5.41) is 21.6. The van der Waals surface area contributed by atoms with Gasteiger partial charge in [0.15, 0.2) is 5.66 Å². The van der Waals surface area contributed by atoms with Crippen LogP contribution in [-0.2, 0) is 17.6 Å². The molecule has 0 bridgehead atoms. The molecule has 0 radical (unpaired) electrons. The molecule has 5 nitrogen and oxygen atoms in total. The quantitative estimate of drug-likeness (QED) is 0.720. The fourth-order valence-electron chi connectivity index (χ4n) is 3.36. The summed E-state index contributed by atoms with van der Waals surface area (Å²) in [6.45, 7) is 0.481. The zero-order chi connectivity index (χ0) is 17.0. The second-order valence-corrected chi connectivity index (χ2v) is 6.83. The summed E-state index contributed by atoms with van der Waals surface area (Å²) < 4.78 is 0. The molecule has 1 aliphatic heterocycles. The van der Waals surface area contributed by atoms with E-state index < -0.39 is 11.3 Å². The molecule has 2 N–H and O–H groups in total. The number of aliphatic hydroxyl groups is 1. The minimum absolute atomic E-state index is 0.0218. The highest BCUT2D eigenvalue weighted by atomic mass is 16.3. The molecular weight excluding hydrogens is 302 g/mol. The van der Waals surface area contributed by atoms with Crippen molar-refractivity contribution in [3.05, 3.63) is 35.4 Å². The van der Waals surface area contributed by atoms with Crippen LogP contribution in [0.4, 0.5) is 0 Å². The number of carbonyl (C=O) groups is 1. The Labute approximate surface area is 142 Å². The third-order valence-corrected chi connectivity index (χ3v) is 4.87. The second-order valence-electron chi connectivity index (χ2n) is 6.83. The number of carbonyl (C=O) groups excluding carboxylic acids is 1. The van der Waals surface area contributed by atoms with E-state index in [0.717, 1.165) is 6.42 Å². The predicted molar refractivity (Wildman–Crippen MR) is 91.3 cm³/mol. The van der Waals surface area contributed by atoms with Crippen LogP contribution in [0.1, 0.15) is 43.2 Å². The molecule has 24 heavy (non-hydrogen) atoms. The van der Waals surface area contributed by atoms with Gasteiger partial charge in [0.1, 0.15) is 0 Å². The van der Waals surface area contributed by atoms with Crippen LogP contribution in [0.5, 0.6) is 0 Å². The van der Waals surface area contributed by atoms with Gasteiger partial charge in [-0.25, -0.2) is 0 Å². The molecule has 1 amide bonds. The van der Waals surface area contributed by atoms with Gasteiger partial charge in [-0.3, -0.25) is 4.79 Å². The SMILES string of the molecule is C#CCCC1(CCC(=O)NCCC2(O)Cc3ccccc3C2)N=N1. The fraction of sp³-hybridized carbons (Fsp3) is 0.526. The predicted octanol–water partition coefficient (Wildman–Crippen LogP) is 2.38. The Kier molecular flexibility index (Phi) is 4.68. The molecule has 2 aliphatic rings. The van der Waals surface area contributed by atoms with Crippen LogP contribution in [0.25, 0.3) is 0 Å². The number of nitrogens with one attached hydrogen (secondary N) is 1. The number of amides is 1. The number of rotatable bonds is 8. The highest BCUT2D eigenvalue weighted by molar-refractivity contribution is 5.76. The molecule has 0 atom stereocenters. The van der Waals surface area contributed by atoms with Crippen molar-refractivity contribution < 1.29 is 9.90 Å². The molecule has 0 saturated heterocycles. The van der Waals surface area contributed by atoms with E-state index in [1.807, 2.05) is 12.1 Å². The van der Waals surface area contributed by atoms with Crippen molar-refractivity contribution in [2.24, 2.45) is 10.2 Å². The summed E-state index contributed by atoms with van der Waals surface area (Å²) in [6.07, 6.45) is 9.47. The van der Waals surface area contributed by atoms with Crippen LogP contribution < -0.4 is 5.32 Å². The zero-order valence-electron chi connectivity index (χ0n) is 13.8. The molecule has 1 aromatic rings. The number of fused-ring (bicyclic) bond motifs is 1. The lowest BCUT2D eigenvalue weighted by molar-refractivity contribution is -0.121. The van der Waals surface area contributed by atoms with Gasteiger partial charge >= 0.3 is 0 Å².